The fourth-order valence-corrected chi connectivity index (χ4v) is 0.711. The summed E-state index contributed by atoms with van der Waals surface area (Å²) in [5.41, 5.74) is 0. The third kappa shape index (κ3) is 1.45. The molecule has 0 unspecified atom stereocenters. The van der Waals surface area contributed by atoms with Gasteiger partial charge >= 0.3 is 0 Å². The number of piperazine rings is 1. The highest BCUT2D eigenvalue weighted by atomic mass is 15.2. The molecule has 1 aliphatic rings. The first-order valence-corrected chi connectivity index (χ1v) is 2.66. The van der Waals surface area contributed by atoms with Crippen LogP contribution in [0.3, 0.4) is 0 Å². The number of hydrogen-bond donors (Lipinski definition) is 1. The average Bonchev–Trinajstić information content (AvgIpc) is 1.90. The van der Waals surface area contributed by atoms with E-state index in [0.29, 0.717) is 7.02 Å². The summed E-state index contributed by atoms with van der Waals surface area (Å²) in [5, 5.41) is 3.22. The van der Waals surface area contributed by atoms with E-state index in [1.165, 1.54) is 0 Å². The molecule has 1 N–H and O–H groups in total. The molecule has 1 fully saturated rings. The Balaban J connectivity index is 2.13. The van der Waals surface area contributed by atoms with Gasteiger partial charge < -0.3 is 10.2 Å². The van der Waals surface area contributed by atoms with E-state index in [-0.39, 0.29) is 0 Å². The Labute approximate surface area is 45.9 Å². The van der Waals surface area contributed by atoms with Gasteiger partial charge in [0.05, 0.1) is 0 Å². The van der Waals surface area contributed by atoms with Crippen LogP contribution in [0, 0.1) is 0 Å². The molecule has 1 heterocycles. The van der Waals surface area contributed by atoms with Gasteiger partial charge in [-0.1, -0.05) is 0 Å². The van der Waals surface area contributed by atoms with Crippen molar-refractivity contribution in [1.29, 1.82) is 0 Å². The van der Waals surface area contributed by atoms with Crippen molar-refractivity contribution < 1.29 is 1.37 Å². The molecule has 0 radical (unpaired) electrons. The Hall–Kier alpha value is -0.0800. The van der Waals surface area contributed by atoms with Crippen LogP contribution < -0.4 is 5.32 Å². The Kier molecular flexibility index (Phi) is 1.26. The fraction of sp³-hybridized carbons (Fsp3) is 1.00. The van der Waals surface area contributed by atoms with E-state index in [1.54, 1.807) is 0 Å². The van der Waals surface area contributed by atoms with Crippen LogP contribution >= 0.6 is 0 Å². The van der Waals surface area contributed by atoms with Gasteiger partial charge in [-0.2, -0.15) is 0 Å². The number of rotatable bonds is 0. The summed E-state index contributed by atoms with van der Waals surface area (Å²) >= 11 is 0. The summed E-state index contributed by atoms with van der Waals surface area (Å²) in [4.78, 5) is 2.12. The maximum Gasteiger partial charge on any atom is 0.0394 e. The van der Waals surface area contributed by atoms with E-state index in [2.05, 4.69) is 10.2 Å². The zero-order valence-corrected chi connectivity index (χ0v) is 4.48. The number of likely N-dealkylation sites (N-methyl/N-ethyl adjacent to an activating group) is 1. The molecule has 0 amide bonds. The van der Waals surface area contributed by atoms with Crippen molar-refractivity contribution in [3.63, 3.8) is 0 Å². The minimum atomic E-state index is 0.460. The van der Waals surface area contributed by atoms with Crippen LogP contribution in [0.25, 0.3) is 0 Å². The van der Waals surface area contributed by atoms with E-state index in [4.69, 9.17) is 1.37 Å². The first-order valence-electron chi connectivity index (χ1n) is 3.36. The molecule has 0 bridgehead atoms. The van der Waals surface area contributed by atoms with E-state index in [9.17, 15) is 0 Å². The van der Waals surface area contributed by atoms with Crippen molar-refractivity contribution in [3.8, 4) is 0 Å². The lowest BCUT2D eigenvalue weighted by Gasteiger charge is -2.21. The second-order valence-electron chi connectivity index (χ2n) is 1.87. The standard InChI is InChI=1S/C5H12N2/c1-7-4-2-6-3-5-7/h6H,2-5H2,1H3/i1T. The van der Waals surface area contributed by atoms with Crippen LogP contribution in [0.2, 0.25) is 0 Å². The van der Waals surface area contributed by atoms with E-state index < -0.39 is 0 Å². The lowest BCUT2D eigenvalue weighted by atomic mass is 10.4. The molecule has 1 rings (SSSR count). The molecule has 2 nitrogen and oxygen atoms in total. The Morgan fingerprint density at radius 2 is 2.29 bits per heavy atom. The third-order valence-electron chi connectivity index (χ3n) is 1.21. The monoisotopic (exact) mass is 102 g/mol. The number of nitrogens with one attached hydrogen (secondary N) is 1. The highest BCUT2D eigenvalue weighted by Gasteiger charge is 2.01. The highest BCUT2D eigenvalue weighted by Crippen LogP contribution is 1.82. The molecule has 2 heteroatoms. The van der Waals surface area contributed by atoms with Crippen molar-refractivity contribution in [2.75, 3.05) is 33.2 Å². The minimum Gasteiger partial charge on any atom is -0.314 e. The first-order chi connectivity index (χ1) is 3.93. The van der Waals surface area contributed by atoms with Gasteiger partial charge in [0.2, 0.25) is 0 Å². The van der Waals surface area contributed by atoms with Crippen LogP contribution in [0.1, 0.15) is 1.37 Å². The molecule has 0 saturated carbocycles. The Morgan fingerprint density at radius 3 is 2.71 bits per heavy atom. The topological polar surface area (TPSA) is 15.3 Å². The van der Waals surface area contributed by atoms with E-state index >= 15 is 0 Å². The molecule has 0 aliphatic carbocycles. The molecule has 7 heavy (non-hydrogen) atoms. The number of hydrogen-bond acceptors (Lipinski definition) is 2. The van der Waals surface area contributed by atoms with Gasteiger partial charge in [0.1, 0.15) is 0 Å². The zero-order chi connectivity index (χ0) is 5.82. The van der Waals surface area contributed by atoms with Crippen molar-refractivity contribution >= 4 is 0 Å². The predicted octanol–water partition coefficient (Wildman–Crippen LogP) is -0.479. The Bertz CT molecular complexity index is 61.4. The summed E-state index contributed by atoms with van der Waals surface area (Å²) < 4.78 is 7.00. The van der Waals surface area contributed by atoms with Crippen molar-refractivity contribution in [2.24, 2.45) is 0 Å². The molecule has 0 aromatic heterocycles. The van der Waals surface area contributed by atoms with Gasteiger partial charge in [-0.15, -0.1) is 0 Å². The van der Waals surface area contributed by atoms with E-state index in [0.717, 1.165) is 26.2 Å². The van der Waals surface area contributed by atoms with Gasteiger partial charge in [0, 0.05) is 27.5 Å². The molecule has 0 spiro atoms. The fourth-order valence-electron chi connectivity index (χ4n) is 0.711. The van der Waals surface area contributed by atoms with Gasteiger partial charge in [-0.3, -0.25) is 0 Å². The second-order valence-corrected chi connectivity index (χ2v) is 1.87. The number of nitrogens with zero attached hydrogens (tertiary/aromatic N) is 1. The lowest BCUT2D eigenvalue weighted by molar-refractivity contribution is 0.291. The molecule has 1 saturated heterocycles. The molecule has 42 valence electrons. The zero-order valence-electron chi connectivity index (χ0n) is 5.48. The van der Waals surface area contributed by atoms with Crippen LogP contribution in [-0.2, 0) is 0 Å². The smallest absolute Gasteiger partial charge is 0.0394 e. The van der Waals surface area contributed by atoms with Crippen molar-refractivity contribution in [3.05, 3.63) is 0 Å². The van der Waals surface area contributed by atoms with Crippen LogP contribution in [0.15, 0.2) is 0 Å². The first kappa shape index (κ1) is 3.87. The minimum absolute atomic E-state index is 0.460. The Morgan fingerprint density at radius 1 is 1.57 bits per heavy atom. The largest absolute Gasteiger partial charge is 0.314 e. The van der Waals surface area contributed by atoms with Crippen LogP contribution in [-0.4, -0.2) is 38.1 Å². The molecular formula is C5H12N2. The second kappa shape index (κ2) is 2.28. The average molecular weight is 102 g/mol. The van der Waals surface area contributed by atoms with Gasteiger partial charge in [-0.05, 0) is 7.02 Å². The van der Waals surface area contributed by atoms with Crippen LogP contribution in [0.5, 0.6) is 0 Å². The normalized spacial score (nSPS) is 27.1. The molecule has 0 atom stereocenters. The molecule has 0 aromatic rings. The maximum absolute atomic E-state index is 7.00. The summed E-state index contributed by atoms with van der Waals surface area (Å²) in [6.45, 7) is 4.20. The molecule has 1 aliphatic heterocycles. The van der Waals surface area contributed by atoms with Crippen LogP contribution in [0.4, 0.5) is 0 Å². The van der Waals surface area contributed by atoms with E-state index in [1.807, 2.05) is 0 Å². The quantitative estimate of drug-likeness (QED) is 0.444. The lowest BCUT2D eigenvalue weighted by Crippen LogP contribution is -2.40. The summed E-state index contributed by atoms with van der Waals surface area (Å²) in [5.74, 6) is 0. The van der Waals surface area contributed by atoms with Crippen molar-refractivity contribution in [1.82, 2.24) is 10.2 Å². The maximum atomic E-state index is 7.00. The summed E-state index contributed by atoms with van der Waals surface area (Å²) in [6.07, 6.45) is 0. The summed E-state index contributed by atoms with van der Waals surface area (Å²) in [6, 6.07) is 0. The van der Waals surface area contributed by atoms with Gasteiger partial charge in [0.25, 0.3) is 0 Å². The SMILES string of the molecule is [3H]CN1CCNCC1. The predicted molar refractivity (Wildman–Crippen MR) is 30.4 cm³/mol. The van der Waals surface area contributed by atoms with Gasteiger partial charge in [0.15, 0.2) is 0 Å². The van der Waals surface area contributed by atoms with Gasteiger partial charge in [-0.25, -0.2) is 0 Å². The third-order valence-corrected chi connectivity index (χ3v) is 1.21. The summed E-state index contributed by atoms with van der Waals surface area (Å²) in [7, 11) is 0.460. The molecular weight excluding hydrogens is 88.1 g/mol. The highest BCUT2D eigenvalue weighted by molar-refractivity contribution is 4.62. The molecule has 0 aromatic carbocycles. The van der Waals surface area contributed by atoms with Crippen molar-refractivity contribution in [2.45, 2.75) is 0 Å².